The molecule has 44 heavy (non-hydrogen) atoms. The first-order chi connectivity index (χ1) is 20.7. The van der Waals surface area contributed by atoms with Crippen molar-refractivity contribution in [2.45, 2.75) is 43.7 Å². The minimum atomic E-state index is -5.12. The fourth-order valence-corrected chi connectivity index (χ4v) is 5.27. The number of alkyl halides is 6. The van der Waals surface area contributed by atoms with Crippen LogP contribution in [0.5, 0.6) is 0 Å². The second-order valence-electron chi connectivity index (χ2n) is 10.4. The molecule has 6 nitrogen and oxygen atoms in total. The van der Waals surface area contributed by atoms with E-state index < -0.39 is 64.2 Å². The Morgan fingerprint density at radius 1 is 0.886 bits per heavy atom. The van der Waals surface area contributed by atoms with Crippen molar-refractivity contribution in [3.63, 3.8) is 0 Å². The third kappa shape index (κ3) is 6.76. The Bertz CT molecular complexity index is 1740. The van der Waals surface area contributed by atoms with Crippen LogP contribution >= 0.6 is 0 Å². The highest BCUT2D eigenvalue weighted by molar-refractivity contribution is 5.95. The van der Waals surface area contributed by atoms with Crippen molar-refractivity contribution >= 4 is 22.8 Å². The van der Waals surface area contributed by atoms with E-state index in [2.05, 4.69) is 5.32 Å². The number of benzene rings is 3. The molecule has 5 rings (SSSR count). The average Bonchev–Trinajstić information content (AvgIpc) is 2.96. The van der Waals surface area contributed by atoms with Crippen LogP contribution in [0.25, 0.3) is 11.0 Å². The van der Waals surface area contributed by atoms with Gasteiger partial charge in [0.2, 0.25) is 0 Å². The second-order valence-corrected chi connectivity index (χ2v) is 10.4. The molecule has 0 bridgehead atoms. The Kier molecular flexibility index (Phi) is 8.23. The molecular weight excluding hydrogens is 597 g/mol. The lowest BCUT2D eigenvalue weighted by Crippen LogP contribution is -2.52. The van der Waals surface area contributed by atoms with E-state index >= 15 is 0 Å². The molecule has 2 unspecified atom stereocenters. The molecule has 1 aliphatic rings. The van der Waals surface area contributed by atoms with Gasteiger partial charge in [-0.1, -0.05) is 30.3 Å². The first-order valence-corrected chi connectivity index (χ1v) is 13.4. The first kappa shape index (κ1) is 30.8. The molecule has 230 valence electrons. The maximum Gasteiger partial charge on any atom is 0.416 e. The number of hydrogen-bond acceptors (Lipinski definition) is 4. The maximum atomic E-state index is 13.7. The lowest BCUT2D eigenvalue weighted by molar-refractivity contribution is -0.143. The number of hydrogen-bond donors (Lipinski definition) is 1. The molecule has 2 amide bonds. The molecule has 1 aromatic heterocycles. The topological polar surface area (TPSA) is 79.6 Å². The number of nitrogens with zero attached hydrogens (tertiary/aromatic N) is 1. The van der Waals surface area contributed by atoms with E-state index in [1.807, 2.05) is 0 Å². The van der Waals surface area contributed by atoms with Crippen molar-refractivity contribution in [3.8, 4) is 0 Å². The molecule has 2 atom stereocenters. The highest BCUT2D eigenvalue weighted by Crippen LogP contribution is 2.37. The molecule has 0 saturated carbocycles. The zero-order valence-corrected chi connectivity index (χ0v) is 22.6. The number of carbonyl (C=O) groups excluding carboxylic acids is 2. The van der Waals surface area contributed by atoms with Gasteiger partial charge in [-0.05, 0) is 55.2 Å². The molecule has 1 aliphatic heterocycles. The van der Waals surface area contributed by atoms with E-state index in [0.29, 0.717) is 12.1 Å². The monoisotopic (exact) mass is 620 g/mol. The zero-order chi connectivity index (χ0) is 31.8. The largest absolute Gasteiger partial charge is 0.451 e. The fourth-order valence-electron chi connectivity index (χ4n) is 5.27. The number of carbonyl (C=O) groups is 2. The number of likely N-dealkylation sites (tertiary alicyclic amines) is 1. The summed E-state index contributed by atoms with van der Waals surface area (Å²) in [5.41, 5.74) is -3.94. The van der Waals surface area contributed by atoms with Crippen molar-refractivity contribution in [2.24, 2.45) is 0 Å². The van der Waals surface area contributed by atoms with Gasteiger partial charge in [0.05, 0.1) is 16.5 Å². The van der Waals surface area contributed by atoms with E-state index in [9.17, 15) is 45.1 Å². The number of rotatable bonds is 5. The van der Waals surface area contributed by atoms with Crippen molar-refractivity contribution in [2.75, 3.05) is 6.54 Å². The summed E-state index contributed by atoms with van der Waals surface area (Å²) in [5.74, 6) is -2.86. The highest BCUT2D eigenvalue weighted by Gasteiger charge is 2.39. The van der Waals surface area contributed by atoms with Crippen LogP contribution in [0.1, 0.15) is 50.4 Å². The first-order valence-electron chi connectivity index (χ1n) is 13.4. The summed E-state index contributed by atoms with van der Waals surface area (Å²) in [6.45, 7) is -0.105. The Morgan fingerprint density at radius 2 is 1.55 bits per heavy atom. The lowest BCUT2D eigenvalue weighted by atomic mass is 9.91. The number of amides is 2. The molecule has 0 radical (unpaired) electrons. The van der Waals surface area contributed by atoms with Crippen LogP contribution in [0.2, 0.25) is 0 Å². The maximum absolute atomic E-state index is 13.7. The van der Waals surface area contributed by atoms with E-state index in [1.54, 1.807) is 30.3 Å². The third-order valence-corrected chi connectivity index (χ3v) is 7.38. The quantitative estimate of drug-likeness (QED) is 0.255. The van der Waals surface area contributed by atoms with Crippen molar-refractivity contribution in [1.29, 1.82) is 0 Å². The van der Waals surface area contributed by atoms with Gasteiger partial charge in [-0.2, -0.15) is 26.3 Å². The third-order valence-electron chi connectivity index (χ3n) is 7.38. The predicted molar refractivity (Wildman–Crippen MR) is 144 cm³/mol. The number of nitrogens with one attached hydrogen (secondary N) is 1. The molecule has 0 aliphatic carbocycles. The van der Waals surface area contributed by atoms with Crippen LogP contribution in [-0.4, -0.2) is 35.3 Å². The summed E-state index contributed by atoms with van der Waals surface area (Å²) in [5, 5.41) is 2.78. The SMILES string of the molecule is O=C(NC1CCN(C(=O)c2cc(C(F)(F)F)cc(C(F)(F)F)c2)C(Cc2ccccc2)C1)c1cc(=O)c2ccc(F)cc2o1. The van der Waals surface area contributed by atoms with Crippen LogP contribution in [0.3, 0.4) is 0 Å². The fraction of sp³-hybridized carbons (Fsp3) is 0.258. The molecule has 3 aromatic carbocycles. The summed E-state index contributed by atoms with van der Waals surface area (Å²) in [6, 6.07) is 12.3. The Hall–Kier alpha value is -4.68. The van der Waals surface area contributed by atoms with E-state index in [0.717, 1.165) is 23.8 Å². The molecule has 4 aromatic rings. The van der Waals surface area contributed by atoms with Crippen molar-refractivity contribution in [1.82, 2.24) is 10.2 Å². The molecule has 1 saturated heterocycles. The Balaban J connectivity index is 1.42. The van der Waals surface area contributed by atoms with Crippen molar-refractivity contribution in [3.05, 3.63) is 117 Å². The van der Waals surface area contributed by atoms with Crippen LogP contribution in [-0.2, 0) is 18.8 Å². The summed E-state index contributed by atoms with van der Waals surface area (Å²) in [4.78, 5) is 40.2. The summed E-state index contributed by atoms with van der Waals surface area (Å²) < 4.78 is 99.9. The average molecular weight is 621 g/mol. The van der Waals surface area contributed by atoms with Gasteiger partial charge in [0.1, 0.15) is 11.4 Å². The number of halogens is 7. The van der Waals surface area contributed by atoms with E-state index in [1.165, 1.54) is 11.0 Å². The van der Waals surface area contributed by atoms with Crippen LogP contribution in [0.15, 0.2) is 82.0 Å². The van der Waals surface area contributed by atoms with Crippen LogP contribution < -0.4 is 10.7 Å². The van der Waals surface area contributed by atoms with Crippen LogP contribution in [0.4, 0.5) is 30.7 Å². The predicted octanol–water partition coefficient (Wildman–Crippen LogP) is 6.62. The van der Waals surface area contributed by atoms with E-state index in [4.69, 9.17) is 4.42 Å². The standard InChI is InChI=1S/C31H23F7N2O4/c32-21-6-7-24-25(41)16-27(44-26(24)14-21)28(42)39-22-8-9-40(23(15-22)10-17-4-2-1-3-5-17)29(43)18-11-19(30(33,34)35)13-20(12-18)31(36,37)38/h1-7,11-14,16,22-23H,8-10,15H2,(H,39,42). The summed E-state index contributed by atoms with van der Waals surface area (Å²) in [7, 11) is 0. The minimum absolute atomic E-state index is 0.0421. The van der Waals surface area contributed by atoms with Gasteiger partial charge in [0.15, 0.2) is 11.2 Å². The molecule has 13 heteroatoms. The lowest BCUT2D eigenvalue weighted by Gasteiger charge is -2.40. The van der Waals surface area contributed by atoms with Gasteiger partial charge in [-0.3, -0.25) is 14.4 Å². The Morgan fingerprint density at radius 3 is 2.18 bits per heavy atom. The molecular formula is C31H23F7N2O4. The normalized spacial score (nSPS) is 17.5. The molecule has 0 spiro atoms. The van der Waals surface area contributed by atoms with Crippen LogP contribution in [0, 0.1) is 5.82 Å². The number of fused-ring (bicyclic) bond motifs is 1. The molecule has 2 heterocycles. The minimum Gasteiger partial charge on any atom is -0.451 e. The summed E-state index contributed by atoms with van der Waals surface area (Å²) in [6.07, 6.45) is -9.88. The van der Waals surface area contributed by atoms with Gasteiger partial charge >= 0.3 is 12.4 Å². The number of piperidine rings is 1. The molecule has 1 N–H and O–H groups in total. The van der Waals surface area contributed by atoms with Crippen molar-refractivity contribution < 1.29 is 44.7 Å². The van der Waals surface area contributed by atoms with Gasteiger partial charge in [0, 0.05) is 36.3 Å². The highest BCUT2D eigenvalue weighted by atomic mass is 19.4. The molecule has 1 fully saturated rings. The van der Waals surface area contributed by atoms with Gasteiger partial charge in [-0.15, -0.1) is 0 Å². The second kappa shape index (κ2) is 11.8. The van der Waals surface area contributed by atoms with Gasteiger partial charge in [0.25, 0.3) is 11.8 Å². The van der Waals surface area contributed by atoms with E-state index in [-0.39, 0.29) is 48.6 Å². The Labute approximate surface area is 245 Å². The zero-order valence-electron chi connectivity index (χ0n) is 22.6. The summed E-state index contributed by atoms with van der Waals surface area (Å²) >= 11 is 0. The van der Waals surface area contributed by atoms with Gasteiger partial charge < -0.3 is 14.6 Å². The van der Waals surface area contributed by atoms with Gasteiger partial charge in [-0.25, -0.2) is 4.39 Å². The smallest absolute Gasteiger partial charge is 0.416 e.